The van der Waals surface area contributed by atoms with Crippen LogP contribution in [0.1, 0.15) is 35.7 Å². The van der Waals surface area contributed by atoms with Gasteiger partial charge in [0.2, 0.25) is 0 Å². The van der Waals surface area contributed by atoms with Crippen molar-refractivity contribution in [2.75, 3.05) is 5.88 Å². The van der Waals surface area contributed by atoms with Gasteiger partial charge in [-0.2, -0.15) is 0 Å². The van der Waals surface area contributed by atoms with Crippen LogP contribution in [0.15, 0.2) is 24.3 Å². The lowest BCUT2D eigenvalue weighted by Gasteiger charge is -2.03. The van der Waals surface area contributed by atoms with E-state index in [9.17, 15) is 9.90 Å². The molecule has 0 aliphatic rings. The highest BCUT2D eigenvalue weighted by Gasteiger charge is 2.08. The first kappa shape index (κ1) is 12.8. The van der Waals surface area contributed by atoms with Crippen LogP contribution < -0.4 is 0 Å². The van der Waals surface area contributed by atoms with Crippen LogP contribution in [0.2, 0.25) is 0 Å². The molecule has 1 aromatic carbocycles. The lowest BCUT2D eigenvalue weighted by Crippen LogP contribution is -1.97. The summed E-state index contributed by atoms with van der Waals surface area (Å²) in [5.41, 5.74) is 1.29. The molecule has 3 heteroatoms. The van der Waals surface area contributed by atoms with Crippen LogP contribution in [-0.4, -0.2) is 16.8 Å². The van der Waals surface area contributed by atoms with Gasteiger partial charge in [-0.1, -0.05) is 25.1 Å². The maximum absolute atomic E-state index is 11.5. The van der Waals surface area contributed by atoms with Crippen molar-refractivity contribution >= 4 is 23.5 Å². The van der Waals surface area contributed by atoms with E-state index < -0.39 is 0 Å². The Morgan fingerprint density at radius 2 is 2.25 bits per heavy atom. The van der Waals surface area contributed by atoms with Crippen LogP contribution in [-0.2, 0) is 0 Å². The SMILES string of the molecule is CCC(=O)c1cc(C=CCCCl)ccc1O. The van der Waals surface area contributed by atoms with E-state index in [1.165, 1.54) is 0 Å². The third-order valence-electron chi connectivity index (χ3n) is 2.23. The van der Waals surface area contributed by atoms with Crippen molar-refractivity contribution < 1.29 is 9.90 Å². The topological polar surface area (TPSA) is 37.3 Å². The van der Waals surface area contributed by atoms with Gasteiger partial charge >= 0.3 is 0 Å². The van der Waals surface area contributed by atoms with Crippen molar-refractivity contribution in [2.24, 2.45) is 0 Å². The van der Waals surface area contributed by atoms with E-state index in [1.807, 2.05) is 12.2 Å². The molecule has 0 unspecified atom stereocenters. The highest BCUT2D eigenvalue weighted by atomic mass is 35.5. The monoisotopic (exact) mass is 238 g/mol. The average molecular weight is 239 g/mol. The summed E-state index contributed by atoms with van der Waals surface area (Å²) < 4.78 is 0. The second kappa shape index (κ2) is 6.33. The smallest absolute Gasteiger partial charge is 0.166 e. The molecule has 1 rings (SSSR count). The first-order valence-electron chi connectivity index (χ1n) is 5.27. The van der Waals surface area contributed by atoms with E-state index in [1.54, 1.807) is 25.1 Å². The molecule has 0 heterocycles. The Kier molecular flexibility index (Phi) is 5.06. The zero-order valence-corrected chi connectivity index (χ0v) is 10.00. The van der Waals surface area contributed by atoms with E-state index in [0.717, 1.165) is 12.0 Å². The molecule has 16 heavy (non-hydrogen) atoms. The summed E-state index contributed by atoms with van der Waals surface area (Å²) in [5.74, 6) is 0.571. The molecule has 0 saturated heterocycles. The molecule has 1 aromatic rings. The number of carbonyl (C=O) groups is 1. The molecular formula is C13H15ClO2. The molecule has 0 aliphatic carbocycles. The Hall–Kier alpha value is -1.28. The average Bonchev–Trinajstić information content (AvgIpc) is 2.30. The largest absolute Gasteiger partial charge is 0.507 e. The van der Waals surface area contributed by atoms with Gasteiger partial charge in [-0.25, -0.2) is 0 Å². The summed E-state index contributed by atoms with van der Waals surface area (Å²) in [4.78, 5) is 11.5. The molecule has 0 bridgehead atoms. The molecule has 0 amide bonds. The Morgan fingerprint density at radius 3 is 2.88 bits per heavy atom. The minimum atomic E-state index is -0.0508. The molecule has 0 atom stereocenters. The second-order valence-electron chi connectivity index (χ2n) is 3.43. The molecule has 0 radical (unpaired) electrons. The van der Waals surface area contributed by atoms with Crippen LogP contribution in [0.4, 0.5) is 0 Å². The van der Waals surface area contributed by atoms with Gasteiger partial charge in [-0.3, -0.25) is 4.79 Å². The van der Waals surface area contributed by atoms with E-state index in [2.05, 4.69) is 0 Å². The van der Waals surface area contributed by atoms with Crippen LogP contribution in [0, 0.1) is 0 Å². The van der Waals surface area contributed by atoms with Crippen LogP contribution >= 0.6 is 11.6 Å². The molecule has 86 valence electrons. The number of aromatic hydroxyl groups is 1. The lowest BCUT2D eigenvalue weighted by molar-refractivity contribution is 0.0985. The summed E-state index contributed by atoms with van der Waals surface area (Å²) in [6, 6.07) is 5.02. The molecule has 0 spiro atoms. The third-order valence-corrected chi connectivity index (χ3v) is 2.45. The summed E-state index contributed by atoms with van der Waals surface area (Å²) >= 11 is 5.55. The number of hydrogen-bond donors (Lipinski definition) is 1. The van der Waals surface area contributed by atoms with Crippen LogP contribution in [0.5, 0.6) is 5.75 Å². The van der Waals surface area contributed by atoms with E-state index in [-0.39, 0.29) is 11.5 Å². The number of rotatable bonds is 5. The van der Waals surface area contributed by atoms with Gasteiger partial charge in [0.1, 0.15) is 5.75 Å². The predicted octanol–water partition coefficient (Wildman–Crippen LogP) is 3.63. The quantitative estimate of drug-likeness (QED) is 0.628. The zero-order chi connectivity index (χ0) is 12.0. The van der Waals surface area contributed by atoms with Gasteiger partial charge < -0.3 is 5.11 Å². The molecule has 1 N–H and O–H groups in total. The number of carbonyl (C=O) groups excluding carboxylic acids is 1. The third kappa shape index (κ3) is 3.38. The number of allylic oxidation sites excluding steroid dienone is 1. The Bertz CT molecular complexity index is 397. The number of halogens is 1. The van der Waals surface area contributed by atoms with Crippen molar-refractivity contribution in [2.45, 2.75) is 19.8 Å². The highest BCUT2D eigenvalue weighted by Crippen LogP contribution is 2.20. The van der Waals surface area contributed by atoms with Crippen molar-refractivity contribution in [1.82, 2.24) is 0 Å². The number of benzene rings is 1. The molecular weight excluding hydrogens is 224 g/mol. The minimum absolute atomic E-state index is 0.0429. The fourth-order valence-corrected chi connectivity index (χ4v) is 1.48. The van der Waals surface area contributed by atoms with Crippen molar-refractivity contribution in [1.29, 1.82) is 0 Å². The number of phenols is 1. The van der Waals surface area contributed by atoms with Crippen LogP contribution in [0.3, 0.4) is 0 Å². The van der Waals surface area contributed by atoms with Gasteiger partial charge in [0.05, 0.1) is 5.56 Å². The second-order valence-corrected chi connectivity index (χ2v) is 3.81. The minimum Gasteiger partial charge on any atom is -0.507 e. The standard InChI is InChI=1S/C13H15ClO2/c1-2-12(15)11-9-10(5-3-4-8-14)6-7-13(11)16/h3,5-7,9,16H,2,4,8H2,1H3. The van der Waals surface area contributed by atoms with Crippen molar-refractivity contribution in [3.8, 4) is 5.75 Å². The van der Waals surface area contributed by atoms with E-state index >= 15 is 0 Å². The maximum Gasteiger partial charge on any atom is 0.166 e. The van der Waals surface area contributed by atoms with Gasteiger partial charge in [0, 0.05) is 12.3 Å². The fourth-order valence-electron chi connectivity index (χ4n) is 1.35. The fraction of sp³-hybridized carbons (Fsp3) is 0.308. The normalized spacial score (nSPS) is 10.9. The molecule has 0 aromatic heterocycles. The Labute approximate surface area is 101 Å². The summed E-state index contributed by atoms with van der Waals surface area (Å²) in [7, 11) is 0. The zero-order valence-electron chi connectivity index (χ0n) is 9.24. The molecule has 0 aliphatic heterocycles. The van der Waals surface area contributed by atoms with E-state index in [4.69, 9.17) is 11.6 Å². The number of phenolic OH excluding ortho intramolecular Hbond substituents is 1. The number of hydrogen-bond acceptors (Lipinski definition) is 2. The van der Waals surface area contributed by atoms with Gasteiger partial charge in [0.25, 0.3) is 0 Å². The molecule has 2 nitrogen and oxygen atoms in total. The predicted molar refractivity (Wildman–Crippen MR) is 67.1 cm³/mol. The number of Topliss-reactive ketones (excluding diaryl/α,β-unsaturated/α-hetero) is 1. The molecule has 0 fully saturated rings. The summed E-state index contributed by atoms with van der Waals surface area (Å²) in [6.07, 6.45) is 5.02. The van der Waals surface area contributed by atoms with Crippen molar-refractivity contribution in [3.63, 3.8) is 0 Å². The highest BCUT2D eigenvalue weighted by molar-refractivity contribution is 6.17. The number of ketones is 1. The Morgan fingerprint density at radius 1 is 1.50 bits per heavy atom. The van der Waals surface area contributed by atoms with Crippen LogP contribution in [0.25, 0.3) is 6.08 Å². The van der Waals surface area contributed by atoms with Crippen molar-refractivity contribution in [3.05, 3.63) is 35.4 Å². The van der Waals surface area contributed by atoms with Gasteiger partial charge in [0.15, 0.2) is 5.78 Å². The summed E-state index contributed by atoms with van der Waals surface area (Å²) in [5, 5.41) is 9.54. The first-order valence-corrected chi connectivity index (χ1v) is 5.81. The Balaban J connectivity index is 2.93. The molecule has 0 saturated carbocycles. The van der Waals surface area contributed by atoms with Gasteiger partial charge in [-0.15, -0.1) is 11.6 Å². The number of alkyl halides is 1. The van der Waals surface area contributed by atoms with E-state index in [0.29, 0.717) is 17.9 Å². The lowest BCUT2D eigenvalue weighted by atomic mass is 10.0. The van der Waals surface area contributed by atoms with Gasteiger partial charge in [-0.05, 0) is 24.1 Å². The maximum atomic E-state index is 11.5. The summed E-state index contributed by atoms with van der Waals surface area (Å²) in [6.45, 7) is 1.78. The first-order chi connectivity index (χ1) is 7.69.